The molecule has 0 radical (unpaired) electrons. The lowest BCUT2D eigenvalue weighted by Crippen LogP contribution is -2.04. The summed E-state index contributed by atoms with van der Waals surface area (Å²) in [6, 6.07) is 12.6. The van der Waals surface area contributed by atoms with Crippen LogP contribution in [0.15, 0.2) is 48.7 Å². The van der Waals surface area contributed by atoms with Crippen LogP contribution in [0.25, 0.3) is 11.3 Å². The average molecular weight is 282 g/mol. The molecule has 2 N–H and O–H groups in total. The summed E-state index contributed by atoms with van der Waals surface area (Å²) in [5.41, 5.74) is 9.85. The van der Waals surface area contributed by atoms with E-state index >= 15 is 0 Å². The minimum absolute atomic E-state index is 0.212. The van der Waals surface area contributed by atoms with Crippen LogP contribution in [0.2, 0.25) is 0 Å². The predicted molar refractivity (Wildman–Crippen MR) is 80.1 cm³/mol. The molecule has 0 saturated carbocycles. The Morgan fingerprint density at radius 2 is 1.90 bits per heavy atom. The Morgan fingerprint density at radius 1 is 1.14 bits per heavy atom. The van der Waals surface area contributed by atoms with Crippen molar-refractivity contribution in [3.05, 3.63) is 65.6 Å². The molecule has 0 aliphatic carbocycles. The Kier molecular flexibility index (Phi) is 3.39. The Bertz CT molecular complexity index is 762. The lowest BCUT2D eigenvalue weighted by molar-refractivity contribution is 0.618. The Labute approximate surface area is 122 Å². The molecule has 0 unspecified atom stereocenters. The van der Waals surface area contributed by atoms with Gasteiger partial charge in [0.05, 0.1) is 18.4 Å². The van der Waals surface area contributed by atoms with Crippen LogP contribution in [0, 0.1) is 12.7 Å². The molecule has 0 amide bonds. The third kappa shape index (κ3) is 2.76. The van der Waals surface area contributed by atoms with Gasteiger partial charge in [0.15, 0.2) is 0 Å². The van der Waals surface area contributed by atoms with Crippen molar-refractivity contribution in [2.75, 3.05) is 5.73 Å². The SMILES string of the molecule is Cc1cc(-c2cnnn2Cc2ccc(N)cc2)ccc1F. The maximum atomic E-state index is 13.4. The van der Waals surface area contributed by atoms with Gasteiger partial charge in [0.2, 0.25) is 0 Å². The van der Waals surface area contributed by atoms with Crippen molar-refractivity contribution in [3.8, 4) is 11.3 Å². The monoisotopic (exact) mass is 282 g/mol. The minimum Gasteiger partial charge on any atom is -0.399 e. The van der Waals surface area contributed by atoms with E-state index in [9.17, 15) is 4.39 Å². The van der Waals surface area contributed by atoms with Crippen molar-refractivity contribution in [1.29, 1.82) is 0 Å². The summed E-state index contributed by atoms with van der Waals surface area (Å²) in [6.07, 6.45) is 1.68. The number of anilines is 1. The normalized spacial score (nSPS) is 10.8. The number of hydrogen-bond donors (Lipinski definition) is 1. The highest BCUT2D eigenvalue weighted by Crippen LogP contribution is 2.21. The summed E-state index contributed by atoms with van der Waals surface area (Å²) in [4.78, 5) is 0. The summed E-state index contributed by atoms with van der Waals surface area (Å²) < 4.78 is 15.2. The Balaban J connectivity index is 1.93. The number of aromatic nitrogens is 3. The first-order valence-corrected chi connectivity index (χ1v) is 6.63. The largest absolute Gasteiger partial charge is 0.399 e. The van der Waals surface area contributed by atoms with Crippen molar-refractivity contribution in [1.82, 2.24) is 15.0 Å². The topological polar surface area (TPSA) is 56.7 Å². The molecule has 0 aliphatic heterocycles. The molecule has 0 fully saturated rings. The van der Waals surface area contributed by atoms with Crippen LogP contribution in [-0.2, 0) is 6.54 Å². The fourth-order valence-corrected chi connectivity index (χ4v) is 2.20. The molecule has 3 aromatic rings. The quantitative estimate of drug-likeness (QED) is 0.751. The van der Waals surface area contributed by atoms with E-state index in [2.05, 4.69) is 10.3 Å². The average Bonchev–Trinajstić information content (AvgIpc) is 2.92. The van der Waals surface area contributed by atoms with E-state index in [0.29, 0.717) is 12.1 Å². The van der Waals surface area contributed by atoms with E-state index in [4.69, 9.17) is 5.73 Å². The van der Waals surface area contributed by atoms with Gasteiger partial charge >= 0.3 is 0 Å². The van der Waals surface area contributed by atoms with Gasteiger partial charge in [0, 0.05) is 11.3 Å². The standard InChI is InChI=1S/C16H15FN4/c1-11-8-13(4-7-15(11)17)16-9-19-20-21(16)10-12-2-5-14(18)6-3-12/h2-9H,10,18H2,1H3. The number of rotatable bonds is 3. The van der Waals surface area contributed by atoms with Crippen molar-refractivity contribution < 1.29 is 4.39 Å². The zero-order chi connectivity index (χ0) is 14.8. The maximum Gasteiger partial charge on any atom is 0.126 e. The zero-order valence-corrected chi connectivity index (χ0v) is 11.6. The van der Waals surface area contributed by atoms with Crippen LogP contribution in [0.3, 0.4) is 0 Å². The van der Waals surface area contributed by atoms with Gasteiger partial charge in [-0.2, -0.15) is 0 Å². The molecule has 0 bridgehead atoms. The van der Waals surface area contributed by atoms with Crippen LogP contribution in [0.1, 0.15) is 11.1 Å². The first-order valence-electron chi connectivity index (χ1n) is 6.63. The van der Waals surface area contributed by atoms with Gasteiger partial charge in [0.1, 0.15) is 5.82 Å². The molecule has 3 rings (SSSR count). The molecular weight excluding hydrogens is 267 g/mol. The van der Waals surface area contributed by atoms with Crippen LogP contribution < -0.4 is 5.73 Å². The molecule has 4 nitrogen and oxygen atoms in total. The Hall–Kier alpha value is -2.69. The second-order valence-corrected chi connectivity index (χ2v) is 4.98. The first-order chi connectivity index (χ1) is 10.1. The molecule has 106 valence electrons. The van der Waals surface area contributed by atoms with Gasteiger partial charge in [-0.3, -0.25) is 0 Å². The Morgan fingerprint density at radius 3 is 2.62 bits per heavy atom. The highest BCUT2D eigenvalue weighted by molar-refractivity contribution is 5.59. The fraction of sp³-hybridized carbons (Fsp3) is 0.125. The number of aryl methyl sites for hydroxylation is 1. The van der Waals surface area contributed by atoms with Crippen LogP contribution in [0.5, 0.6) is 0 Å². The van der Waals surface area contributed by atoms with E-state index in [1.54, 1.807) is 29.9 Å². The fourth-order valence-electron chi connectivity index (χ4n) is 2.20. The molecule has 5 heteroatoms. The lowest BCUT2D eigenvalue weighted by atomic mass is 10.1. The molecule has 0 spiro atoms. The summed E-state index contributed by atoms with van der Waals surface area (Å²) in [5, 5.41) is 8.06. The number of nitrogens with zero attached hydrogens (tertiary/aromatic N) is 3. The van der Waals surface area contributed by atoms with Crippen molar-refractivity contribution >= 4 is 5.69 Å². The van der Waals surface area contributed by atoms with Crippen LogP contribution >= 0.6 is 0 Å². The molecule has 21 heavy (non-hydrogen) atoms. The summed E-state index contributed by atoms with van der Waals surface area (Å²) in [5.74, 6) is -0.212. The van der Waals surface area contributed by atoms with E-state index in [0.717, 1.165) is 22.5 Å². The number of benzene rings is 2. The van der Waals surface area contributed by atoms with Gasteiger partial charge in [0.25, 0.3) is 0 Å². The van der Waals surface area contributed by atoms with Gasteiger partial charge in [-0.05, 0) is 48.4 Å². The molecule has 1 aromatic heterocycles. The van der Waals surface area contributed by atoms with Crippen LogP contribution in [0.4, 0.5) is 10.1 Å². The van der Waals surface area contributed by atoms with Crippen LogP contribution in [-0.4, -0.2) is 15.0 Å². The third-order valence-corrected chi connectivity index (χ3v) is 3.38. The summed E-state index contributed by atoms with van der Waals surface area (Å²) in [6.45, 7) is 2.33. The maximum absolute atomic E-state index is 13.4. The van der Waals surface area contributed by atoms with Crippen molar-refractivity contribution in [2.24, 2.45) is 0 Å². The highest BCUT2D eigenvalue weighted by atomic mass is 19.1. The first kappa shape index (κ1) is 13.3. The highest BCUT2D eigenvalue weighted by Gasteiger charge is 2.09. The number of halogens is 1. The van der Waals surface area contributed by atoms with Gasteiger partial charge in [-0.15, -0.1) is 5.10 Å². The smallest absolute Gasteiger partial charge is 0.126 e. The molecule has 1 heterocycles. The number of nitrogen functional groups attached to an aromatic ring is 1. The molecule has 2 aromatic carbocycles. The van der Waals surface area contributed by atoms with E-state index in [1.165, 1.54) is 6.07 Å². The molecule has 0 aliphatic rings. The second kappa shape index (κ2) is 5.36. The number of hydrogen-bond acceptors (Lipinski definition) is 3. The summed E-state index contributed by atoms with van der Waals surface area (Å²) >= 11 is 0. The van der Waals surface area contributed by atoms with E-state index in [-0.39, 0.29) is 5.82 Å². The van der Waals surface area contributed by atoms with Gasteiger partial charge in [-0.25, -0.2) is 9.07 Å². The second-order valence-electron chi connectivity index (χ2n) is 4.98. The van der Waals surface area contributed by atoms with Gasteiger partial charge < -0.3 is 5.73 Å². The minimum atomic E-state index is -0.212. The molecule has 0 atom stereocenters. The van der Waals surface area contributed by atoms with E-state index < -0.39 is 0 Å². The zero-order valence-electron chi connectivity index (χ0n) is 11.6. The predicted octanol–water partition coefficient (Wildman–Crippen LogP) is 3.02. The van der Waals surface area contributed by atoms with Crippen molar-refractivity contribution in [3.63, 3.8) is 0 Å². The van der Waals surface area contributed by atoms with E-state index in [1.807, 2.05) is 24.3 Å². The van der Waals surface area contributed by atoms with Crippen molar-refractivity contribution in [2.45, 2.75) is 13.5 Å². The third-order valence-electron chi connectivity index (χ3n) is 3.38. The molecular formula is C16H15FN4. The molecule has 0 saturated heterocycles. The number of nitrogens with two attached hydrogens (primary N) is 1. The lowest BCUT2D eigenvalue weighted by Gasteiger charge is -2.08. The van der Waals surface area contributed by atoms with Gasteiger partial charge in [-0.1, -0.05) is 17.3 Å². The summed E-state index contributed by atoms with van der Waals surface area (Å²) in [7, 11) is 0.